The molecule has 16 heavy (non-hydrogen) atoms. The SMILES string of the molecule is CCCC(=O)OCCCCOC(=O)NCC. The number of nitrogens with one attached hydrogen (secondary N) is 1. The van der Waals surface area contributed by atoms with Crippen molar-refractivity contribution in [2.24, 2.45) is 0 Å². The van der Waals surface area contributed by atoms with Crippen LogP contribution in [0.4, 0.5) is 4.79 Å². The third-order valence-electron chi connectivity index (χ3n) is 1.81. The summed E-state index contributed by atoms with van der Waals surface area (Å²) in [5, 5.41) is 2.52. The number of esters is 1. The monoisotopic (exact) mass is 231 g/mol. The molecule has 0 spiro atoms. The molecule has 0 aliphatic heterocycles. The molecule has 0 atom stereocenters. The van der Waals surface area contributed by atoms with Crippen LogP contribution in [0.25, 0.3) is 0 Å². The smallest absolute Gasteiger partial charge is 0.407 e. The number of hydrogen-bond acceptors (Lipinski definition) is 4. The molecule has 0 heterocycles. The standard InChI is InChI=1S/C11H21NO4/c1-3-7-10(13)15-8-5-6-9-16-11(14)12-4-2/h3-9H2,1-2H3,(H,12,14). The van der Waals surface area contributed by atoms with E-state index in [4.69, 9.17) is 9.47 Å². The predicted molar refractivity (Wildman–Crippen MR) is 60.1 cm³/mol. The maximum absolute atomic E-state index is 11.0. The van der Waals surface area contributed by atoms with E-state index in [-0.39, 0.29) is 5.97 Å². The van der Waals surface area contributed by atoms with Crippen LogP contribution in [0.5, 0.6) is 0 Å². The maximum Gasteiger partial charge on any atom is 0.407 e. The Morgan fingerprint density at radius 3 is 2.25 bits per heavy atom. The van der Waals surface area contributed by atoms with E-state index >= 15 is 0 Å². The van der Waals surface area contributed by atoms with Crippen molar-refractivity contribution in [2.45, 2.75) is 39.5 Å². The van der Waals surface area contributed by atoms with Gasteiger partial charge in [-0.1, -0.05) is 6.92 Å². The summed E-state index contributed by atoms with van der Waals surface area (Å²) in [4.78, 5) is 21.8. The Kier molecular flexibility index (Phi) is 9.46. The Hall–Kier alpha value is -1.26. The number of ether oxygens (including phenoxy) is 2. The van der Waals surface area contributed by atoms with Gasteiger partial charge in [-0.05, 0) is 26.2 Å². The largest absolute Gasteiger partial charge is 0.466 e. The molecule has 0 unspecified atom stereocenters. The van der Waals surface area contributed by atoms with Crippen LogP contribution in [-0.2, 0) is 14.3 Å². The molecule has 0 fully saturated rings. The van der Waals surface area contributed by atoms with Gasteiger partial charge in [0.25, 0.3) is 0 Å². The second kappa shape index (κ2) is 10.3. The Morgan fingerprint density at radius 2 is 1.69 bits per heavy atom. The number of carbonyl (C=O) groups excluding carboxylic acids is 2. The van der Waals surface area contributed by atoms with Crippen LogP contribution >= 0.6 is 0 Å². The van der Waals surface area contributed by atoms with Gasteiger partial charge in [0, 0.05) is 13.0 Å². The van der Waals surface area contributed by atoms with Crippen LogP contribution in [0.1, 0.15) is 39.5 Å². The highest BCUT2D eigenvalue weighted by atomic mass is 16.5. The number of unbranched alkanes of at least 4 members (excludes halogenated alkanes) is 1. The highest BCUT2D eigenvalue weighted by Crippen LogP contribution is 1.95. The van der Waals surface area contributed by atoms with E-state index in [1.165, 1.54) is 0 Å². The third kappa shape index (κ3) is 9.30. The molecule has 0 saturated heterocycles. The fraction of sp³-hybridized carbons (Fsp3) is 0.818. The summed E-state index contributed by atoms with van der Waals surface area (Å²) in [5.74, 6) is -0.160. The minimum Gasteiger partial charge on any atom is -0.466 e. The molecular formula is C11H21NO4. The van der Waals surface area contributed by atoms with Gasteiger partial charge in [-0.15, -0.1) is 0 Å². The van der Waals surface area contributed by atoms with Gasteiger partial charge in [-0.2, -0.15) is 0 Å². The van der Waals surface area contributed by atoms with Gasteiger partial charge in [0.05, 0.1) is 13.2 Å². The average molecular weight is 231 g/mol. The van der Waals surface area contributed by atoms with Gasteiger partial charge in [0.1, 0.15) is 0 Å². The van der Waals surface area contributed by atoms with E-state index in [0.29, 0.717) is 32.6 Å². The Labute approximate surface area is 96.5 Å². The zero-order chi connectivity index (χ0) is 12.2. The van der Waals surface area contributed by atoms with Crippen LogP contribution in [0.15, 0.2) is 0 Å². The molecule has 0 saturated carbocycles. The molecule has 0 rings (SSSR count). The van der Waals surface area contributed by atoms with E-state index in [9.17, 15) is 9.59 Å². The van der Waals surface area contributed by atoms with Crippen molar-refractivity contribution in [3.8, 4) is 0 Å². The summed E-state index contributed by atoms with van der Waals surface area (Å²) in [5.41, 5.74) is 0. The number of hydrogen-bond donors (Lipinski definition) is 1. The topological polar surface area (TPSA) is 64.6 Å². The molecule has 1 N–H and O–H groups in total. The van der Waals surface area contributed by atoms with Crippen molar-refractivity contribution in [1.82, 2.24) is 5.32 Å². The van der Waals surface area contributed by atoms with Gasteiger partial charge < -0.3 is 14.8 Å². The lowest BCUT2D eigenvalue weighted by Gasteiger charge is -2.05. The van der Waals surface area contributed by atoms with Crippen LogP contribution < -0.4 is 5.32 Å². The normalized spacial score (nSPS) is 9.62. The fourth-order valence-electron chi connectivity index (χ4n) is 1.03. The maximum atomic E-state index is 11.0. The lowest BCUT2D eigenvalue weighted by molar-refractivity contribution is -0.143. The van der Waals surface area contributed by atoms with Gasteiger partial charge in [0.15, 0.2) is 0 Å². The van der Waals surface area contributed by atoms with Gasteiger partial charge in [-0.25, -0.2) is 4.79 Å². The fourth-order valence-corrected chi connectivity index (χ4v) is 1.03. The van der Waals surface area contributed by atoms with Crippen LogP contribution in [0, 0.1) is 0 Å². The second-order valence-electron chi connectivity index (χ2n) is 3.34. The number of rotatable bonds is 8. The number of carbonyl (C=O) groups is 2. The van der Waals surface area contributed by atoms with E-state index in [2.05, 4.69) is 5.32 Å². The first-order chi connectivity index (χ1) is 7.70. The van der Waals surface area contributed by atoms with Crippen molar-refractivity contribution >= 4 is 12.1 Å². The molecule has 94 valence electrons. The lowest BCUT2D eigenvalue weighted by Crippen LogP contribution is -2.24. The highest BCUT2D eigenvalue weighted by Gasteiger charge is 2.01. The predicted octanol–water partition coefficient (Wildman–Crippen LogP) is 1.86. The molecule has 0 aliphatic rings. The summed E-state index contributed by atoms with van der Waals surface area (Å²) in [7, 11) is 0. The van der Waals surface area contributed by atoms with E-state index in [1.807, 2.05) is 13.8 Å². The minimum absolute atomic E-state index is 0.160. The molecule has 5 heteroatoms. The van der Waals surface area contributed by atoms with Crippen molar-refractivity contribution in [3.05, 3.63) is 0 Å². The second-order valence-corrected chi connectivity index (χ2v) is 3.34. The summed E-state index contributed by atoms with van der Waals surface area (Å²) in [6.07, 6.45) is 2.30. The van der Waals surface area contributed by atoms with Crippen LogP contribution in [0.3, 0.4) is 0 Å². The van der Waals surface area contributed by atoms with Crippen molar-refractivity contribution in [3.63, 3.8) is 0 Å². The molecular weight excluding hydrogens is 210 g/mol. The summed E-state index contributed by atoms with van der Waals surface area (Å²) < 4.78 is 9.79. The first-order valence-electron chi connectivity index (χ1n) is 5.77. The first kappa shape index (κ1) is 14.7. The summed E-state index contributed by atoms with van der Waals surface area (Å²) >= 11 is 0. The Morgan fingerprint density at radius 1 is 1.06 bits per heavy atom. The van der Waals surface area contributed by atoms with Gasteiger partial charge in [-0.3, -0.25) is 4.79 Å². The van der Waals surface area contributed by atoms with Crippen LogP contribution in [0.2, 0.25) is 0 Å². The van der Waals surface area contributed by atoms with Crippen molar-refractivity contribution < 1.29 is 19.1 Å². The lowest BCUT2D eigenvalue weighted by atomic mass is 10.3. The van der Waals surface area contributed by atoms with Crippen molar-refractivity contribution in [1.29, 1.82) is 0 Å². The summed E-state index contributed by atoms with van der Waals surface area (Å²) in [6.45, 7) is 5.08. The Balaban J connectivity index is 3.21. The minimum atomic E-state index is -0.398. The van der Waals surface area contributed by atoms with Gasteiger partial charge >= 0.3 is 12.1 Å². The Bertz CT molecular complexity index is 184. The van der Waals surface area contributed by atoms with Crippen LogP contribution in [-0.4, -0.2) is 31.8 Å². The molecule has 0 aromatic rings. The molecule has 5 nitrogen and oxygen atoms in total. The quantitative estimate of drug-likeness (QED) is 0.511. The number of alkyl carbamates (subject to hydrolysis) is 1. The molecule has 0 bridgehead atoms. The molecule has 1 amide bonds. The zero-order valence-corrected chi connectivity index (χ0v) is 10.1. The molecule has 0 aliphatic carbocycles. The highest BCUT2D eigenvalue weighted by molar-refractivity contribution is 5.69. The van der Waals surface area contributed by atoms with E-state index in [1.54, 1.807) is 0 Å². The zero-order valence-electron chi connectivity index (χ0n) is 10.1. The first-order valence-corrected chi connectivity index (χ1v) is 5.77. The molecule has 0 aromatic carbocycles. The van der Waals surface area contributed by atoms with E-state index in [0.717, 1.165) is 12.8 Å². The van der Waals surface area contributed by atoms with Crippen molar-refractivity contribution in [2.75, 3.05) is 19.8 Å². The summed E-state index contributed by atoms with van der Waals surface area (Å²) in [6, 6.07) is 0. The third-order valence-corrected chi connectivity index (χ3v) is 1.81. The van der Waals surface area contributed by atoms with E-state index < -0.39 is 6.09 Å². The average Bonchev–Trinajstić information content (AvgIpc) is 2.24. The molecule has 0 aromatic heterocycles. The van der Waals surface area contributed by atoms with Gasteiger partial charge in [0.2, 0.25) is 0 Å². The number of amides is 1. The molecule has 0 radical (unpaired) electrons.